The first-order chi connectivity index (χ1) is 19.0. The highest BCUT2D eigenvalue weighted by molar-refractivity contribution is 7.93. The molecule has 1 aliphatic heterocycles. The Bertz CT molecular complexity index is 1390. The number of sulfonamides is 1. The van der Waals surface area contributed by atoms with Gasteiger partial charge in [-0.15, -0.1) is 10.2 Å². The predicted molar refractivity (Wildman–Crippen MR) is 150 cm³/mol. The van der Waals surface area contributed by atoms with Crippen LogP contribution in [-0.4, -0.2) is 64.8 Å². The summed E-state index contributed by atoms with van der Waals surface area (Å²) in [6.45, 7) is 7.75. The standard InChI is InChI=1S/C26H35ClN6O6S/c1-7-13-38-22(23-28-14-17(27)15-29-23)16(2)40(34,35)32-25-31-30-24(20-11-12-26(3,4)39-20)33(25)21-18(36-5)9-8-10-19(21)37-6/h8-10,14-16,20,22H,7,11-13H2,1-6H3,(H,31,32)/t16-,20-,22+/m0/s1. The number of ether oxygens (including phenoxy) is 4. The van der Waals surface area contributed by atoms with E-state index in [1.165, 1.54) is 33.5 Å². The van der Waals surface area contributed by atoms with Gasteiger partial charge in [0.25, 0.3) is 0 Å². The Morgan fingerprint density at radius 2 is 1.82 bits per heavy atom. The molecule has 218 valence electrons. The molecule has 14 heteroatoms. The molecule has 1 fully saturated rings. The number of benzene rings is 1. The molecule has 0 amide bonds. The van der Waals surface area contributed by atoms with Gasteiger partial charge in [-0.3, -0.25) is 9.29 Å². The summed E-state index contributed by atoms with van der Waals surface area (Å²) < 4.78 is 55.3. The summed E-state index contributed by atoms with van der Waals surface area (Å²) >= 11 is 5.95. The van der Waals surface area contributed by atoms with Crippen LogP contribution in [0.25, 0.3) is 5.69 Å². The third kappa shape index (κ3) is 6.32. The van der Waals surface area contributed by atoms with Crippen LogP contribution in [0.1, 0.15) is 70.8 Å². The number of hydrogen-bond donors (Lipinski definition) is 1. The van der Waals surface area contributed by atoms with Crippen LogP contribution < -0.4 is 14.2 Å². The van der Waals surface area contributed by atoms with Crippen molar-refractivity contribution in [3.8, 4) is 17.2 Å². The highest BCUT2D eigenvalue weighted by Crippen LogP contribution is 2.43. The number of halogens is 1. The topological polar surface area (TPSA) is 140 Å². The Balaban J connectivity index is 1.79. The summed E-state index contributed by atoms with van der Waals surface area (Å²) in [7, 11) is -1.10. The first-order valence-electron chi connectivity index (χ1n) is 13.0. The number of nitrogens with one attached hydrogen (secondary N) is 1. The van der Waals surface area contributed by atoms with Gasteiger partial charge >= 0.3 is 0 Å². The molecule has 0 unspecified atom stereocenters. The largest absolute Gasteiger partial charge is 0.494 e. The lowest BCUT2D eigenvalue weighted by atomic mass is 10.1. The van der Waals surface area contributed by atoms with Crippen molar-refractivity contribution >= 4 is 27.6 Å². The molecule has 3 atom stereocenters. The lowest BCUT2D eigenvalue weighted by Gasteiger charge is -2.24. The molecule has 0 saturated carbocycles. The summed E-state index contributed by atoms with van der Waals surface area (Å²) in [5, 5.41) is 7.84. The maximum atomic E-state index is 13.8. The second kappa shape index (κ2) is 12.2. The third-order valence-electron chi connectivity index (χ3n) is 6.62. The quantitative estimate of drug-likeness (QED) is 0.315. The normalized spacial score (nSPS) is 18.3. The first kappa shape index (κ1) is 30.0. The molecule has 0 spiro atoms. The summed E-state index contributed by atoms with van der Waals surface area (Å²) in [6, 6.07) is 5.26. The van der Waals surface area contributed by atoms with Crippen molar-refractivity contribution in [2.75, 3.05) is 25.5 Å². The zero-order valence-electron chi connectivity index (χ0n) is 23.4. The maximum Gasteiger partial charge on any atom is 0.243 e. The molecule has 0 bridgehead atoms. The number of aromatic nitrogens is 5. The molecule has 40 heavy (non-hydrogen) atoms. The minimum Gasteiger partial charge on any atom is -0.494 e. The smallest absolute Gasteiger partial charge is 0.243 e. The van der Waals surface area contributed by atoms with Crippen LogP contribution in [0.3, 0.4) is 0 Å². The molecular weight excluding hydrogens is 560 g/mol. The van der Waals surface area contributed by atoms with Crippen molar-refractivity contribution in [2.45, 2.75) is 70.0 Å². The van der Waals surface area contributed by atoms with E-state index in [1.54, 1.807) is 22.8 Å². The second-order valence-corrected chi connectivity index (χ2v) is 12.5. The van der Waals surface area contributed by atoms with Crippen LogP contribution in [0.2, 0.25) is 5.02 Å². The number of anilines is 1. The van der Waals surface area contributed by atoms with E-state index in [1.807, 2.05) is 20.8 Å². The van der Waals surface area contributed by atoms with Crippen molar-refractivity contribution in [3.05, 3.63) is 47.3 Å². The maximum absolute atomic E-state index is 13.8. The van der Waals surface area contributed by atoms with E-state index >= 15 is 0 Å². The van der Waals surface area contributed by atoms with E-state index < -0.39 is 27.5 Å². The molecule has 1 N–H and O–H groups in total. The van der Waals surface area contributed by atoms with Crippen molar-refractivity contribution < 1.29 is 27.4 Å². The Morgan fingerprint density at radius 3 is 2.38 bits per heavy atom. The number of hydrogen-bond acceptors (Lipinski definition) is 10. The Morgan fingerprint density at radius 1 is 1.18 bits per heavy atom. The number of methoxy groups -OCH3 is 2. The fourth-order valence-corrected chi connectivity index (χ4v) is 5.72. The van der Waals surface area contributed by atoms with E-state index in [2.05, 4.69) is 24.9 Å². The van der Waals surface area contributed by atoms with Crippen LogP contribution in [-0.2, 0) is 19.5 Å². The Labute approximate surface area is 239 Å². The van der Waals surface area contributed by atoms with E-state index in [0.717, 1.165) is 6.42 Å². The van der Waals surface area contributed by atoms with Crippen molar-refractivity contribution in [1.82, 2.24) is 24.7 Å². The van der Waals surface area contributed by atoms with Gasteiger partial charge in [0.1, 0.15) is 34.6 Å². The van der Waals surface area contributed by atoms with Gasteiger partial charge in [-0.2, -0.15) is 0 Å². The van der Waals surface area contributed by atoms with Gasteiger partial charge in [0.2, 0.25) is 16.0 Å². The third-order valence-corrected chi connectivity index (χ3v) is 8.51. The molecule has 2 aromatic heterocycles. The van der Waals surface area contributed by atoms with E-state index in [4.69, 9.17) is 30.5 Å². The summed E-state index contributed by atoms with van der Waals surface area (Å²) in [4.78, 5) is 8.42. The molecular formula is C26H35ClN6O6S. The molecule has 12 nitrogen and oxygen atoms in total. The average molecular weight is 595 g/mol. The fourth-order valence-electron chi connectivity index (χ4n) is 4.52. The lowest BCUT2D eigenvalue weighted by Crippen LogP contribution is -2.34. The molecule has 1 aromatic carbocycles. The Kier molecular flexibility index (Phi) is 9.18. The minimum atomic E-state index is -4.14. The monoisotopic (exact) mass is 594 g/mol. The number of nitrogens with zero attached hydrogens (tertiary/aromatic N) is 5. The van der Waals surface area contributed by atoms with Crippen LogP contribution in [0.5, 0.6) is 11.5 Å². The van der Waals surface area contributed by atoms with E-state index in [-0.39, 0.29) is 17.4 Å². The molecule has 4 rings (SSSR count). The van der Waals surface area contributed by atoms with Gasteiger partial charge in [0.05, 0.1) is 24.8 Å². The van der Waals surface area contributed by atoms with Gasteiger partial charge in [0, 0.05) is 19.0 Å². The molecule has 0 aliphatic carbocycles. The van der Waals surface area contributed by atoms with Gasteiger partial charge in [-0.05, 0) is 52.2 Å². The van der Waals surface area contributed by atoms with Crippen LogP contribution >= 0.6 is 11.6 Å². The first-order valence-corrected chi connectivity index (χ1v) is 14.9. The van der Waals surface area contributed by atoms with Crippen molar-refractivity contribution in [2.24, 2.45) is 0 Å². The molecule has 3 aromatic rings. The van der Waals surface area contributed by atoms with Crippen LogP contribution in [0, 0.1) is 0 Å². The minimum absolute atomic E-state index is 0.0516. The van der Waals surface area contributed by atoms with Crippen LogP contribution in [0.15, 0.2) is 30.6 Å². The van der Waals surface area contributed by atoms with Gasteiger partial charge in [-0.1, -0.05) is 24.6 Å². The van der Waals surface area contributed by atoms with Gasteiger partial charge in [-0.25, -0.2) is 18.4 Å². The molecule has 1 saturated heterocycles. The molecule has 3 heterocycles. The SMILES string of the molecule is CCCO[C@@H](c1ncc(Cl)cn1)[C@H](C)S(=O)(=O)Nc1nnc([C@@H]2CCC(C)(C)O2)n1-c1c(OC)cccc1OC. The zero-order valence-corrected chi connectivity index (χ0v) is 25.0. The van der Waals surface area contributed by atoms with E-state index in [9.17, 15) is 8.42 Å². The van der Waals surface area contributed by atoms with Crippen molar-refractivity contribution in [3.63, 3.8) is 0 Å². The highest BCUT2D eigenvalue weighted by atomic mass is 35.5. The molecule has 0 radical (unpaired) electrons. The van der Waals surface area contributed by atoms with Crippen molar-refractivity contribution in [1.29, 1.82) is 0 Å². The summed E-state index contributed by atoms with van der Waals surface area (Å²) in [5.74, 6) is 1.43. The van der Waals surface area contributed by atoms with E-state index in [0.29, 0.717) is 47.5 Å². The van der Waals surface area contributed by atoms with Gasteiger partial charge in [0.15, 0.2) is 11.6 Å². The average Bonchev–Trinajstić information content (AvgIpc) is 3.50. The second-order valence-electron chi connectivity index (χ2n) is 10.0. The number of rotatable bonds is 12. The van der Waals surface area contributed by atoms with Gasteiger partial charge < -0.3 is 18.9 Å². The lowest BCUT2D eigenvalue weighted by molar-refractivity contribution is -0.0207. The zero-order chi connectivity index (χ0) is 29.1. The summed E-state index contributed by atoms with van der Waals surface area (Å²) in [6.07, 6.45) is 3.54. The molecule has 1 aliphatic rings. The fraction of sp³-hybridized carbons (Fsp3) is 0.538. The highest BCUT2D eigenvalue weighted by Gasteiger charge is 2.39. The summed E-state index contributed by atoms with van der Waals surface area (Å²) in [5.41, 5.74) is 0.0640. The predicted octanol–water partition coefficient (Wildman–Crippen LogP) is 4.66. The Hall–Kier alpha value is -3.00. The number of para-hydroxylation sites is 1. The van der Waals surface area contributed by atoms with Crippen LogP contribution in [0.4, 0.5) is 5.95 Å².